The fraction of sp³-hybridized carbons (Fsp3) is 0.444. The summed E-state index contributed by atoms with van der Waals surface area (Å²) in [5.41, 5.74) is 0. The van der Waals surface area contributed by atoms with Crippen molar-refractivity contribution in [2.75, 3.05) is 13.1 Å². The quantitative estimate of drug-likeness (QED) is 0.699. The lowest BCUT2D eigenvalue weighted by atomic mass is 9.72. The molecule has 92 valence electrons. The van der Waals surface area contributed by atoms with E-state index in [2.05, 4.69) is 4.98 Å². The van der Waals surface area contributed by atoms with Gasteiger partial charge in [0.25, 0.3) is 0 Å². The maximum absolute atomic E-state index is 12.1. The number of hydrogen-bond donors (Lipinski definition) is 2. The molecule has 1 aromatic heterocycles. The molecule has 17 heavy (non-hydrogen) atoms. The minimum atomic E-state index is -3.56. The van der Waals surface area contributed by atoms with Crippen molar-refractivity contribution in [3.05, 3.63) is 24.5 Å². The SMILES string of the molecule is O=S(=O)(c1cccnc1)N1CC[C@@H](B(O)O)C1. The second kappa shape index (κ2) is 4.73. The van der Waals surface area contributed by atoms with Crippen LogP contribution in [0.3, 0.4) is 0 Å². The van der Waals surface area contributed by atoms with Gasteiger partial charge in [0.05, 0.1) is 0 Å². The number of sulfonamides is 1. The third-order valence-electron chi connectivity index (χ3n) is 2.88. The Kier molecular flexibility index (Phi) is 3.48. The highest BCUT2D eigenvalue weighted by Gasteiger charge is 2.37. The molecule has 2 heterocycles. The highest BCUT2D eigenvalue weighted by atomic mass is 32.2. The number of pyridine rings is 1. The van der Waals surface area contributed by atoms with Gasteiger partial charge in [0.1, 0.15) is 4.90 Å². The summed E-state index contributed by atoms with van der Waals surface area (Å²) in [6, 6.07) is 3.03. The molecule has 0 saturated carbocycles. The van der Waals surface area contributed by atoms with Crippen LogP contribution in [0.2, 0.25) is 5.82 Å². The molecule has 8 heteroatoms. The molecule has 0 aromatic carbocycles. The van der Waals surface area contributed by atoms with Crippen molar-refractivity contribution in [1.82, 2.24) is 9.29 Å². The van der Waals surface area contributed by atoms with Crippen LogP contribution in [0, 0.1) is 0 Å². The second-order valence-electron chi connectivity index (χ2n) is 4.01. The first-order valence-electron chi connectivity index (χ1n) is 5.28. The van der Waals surface area contributed by atoms with E-state index >= 15 is 0 Å². The van der Waals surface area contributed by atoms with Gasteiger partial charge in [-0.05, 0) is 18.6 Å². The molecule has 2 rings (SSSR count). The summed E-state index contributed by atoms with van der Waals surface area (Å²) in [6.07, 6.45) is 3.25. The lowest BCUT2D eigenvalue weighted by molar-refractivity contribution is 0.383. The van der Waals surface area contributed by atoms with Crippen LogP contribution in [-0.2, 0) is 10.0 Å². The monoisotopic (exact) mass is 256 g/mol. The van der Waals surface area contributed by atoms with Crippen molar-refractivity contribution in [3.63, 3.8) is 0 Å². The standard InChI is InChI=1S/C9H13BN2O4S/c13-10(14)8-3-5-12(7-8)17(15,16)9-2-1-4-11-6-9/h1-2,4,6,8,13-14H,3,5,7H2/t8-/m1/s1. The van der Waals surface area contributed by atoms with Crippen LogP contribution >= 0.6 is 0 Å². The van der Waals surface area contributed by atoms with Gasteiger partial charge in [-0.3, -0.25) is 4.98 Å². The van der Waals surface area contributed by atoms with Gasteiger partial charge in [0.15, 0.2) is 0 Å². The lowest BCUT2D eigenvalue weighted by Gasteiger charge is -2.16. The molecular formula is C9H13BN2O4S. The largest absolute Gasteiger partial charge is 0.456 e. The molecule has 2 N–H and O–H groups in total. The molecule has 1 aliphatic heterocycles. The molecule has 0 bridgehead atoms. The summed E-state index contributed by atoms with van der Waals surface area (Å²) in [5.74, 6) is -0.415. The smallest absolute Gasteiger partial charge is 0.427 e. The van der Waals surface area contributed by atoms with E-state index in [-0.39, 0.29) is 11.4 Å². The van der Waals surface area contributed by atoms with E-state index in [0.29, 0.717) is 13.0 Å². The zero-order valence-electron chi connectivity index (χ0n) is 9.10. The molecule has 1 atom stereocenters. The van der Waals surface area contributed by atoms with Crippen LogP contribution < -0.4 is 0 Å². The van der Waals surface area contributed by atoms with E-state index in [1.807, 2.05) is 0 Å². The minimum Gasteiger partial charge on any atom is -0.427 e. The highest BCUT2D eigenvalue weighted by molar-refractivity contribution is 7.89. The molecule has 0 amide bonds. The molecular weight excluding hydrogens is 243 g/mol. The van der Waals surface area contributed by atoms with E-state index < -0.39 is 23.0 Å². The van der Waals surface area contributed by atoms with E-state index in [4.69, 9.17) is 10.0 Å². The second-order valence-corrected chi connectivity index (χ2v) is 5.95. The van der Waals surface area contributed by atoms with E-state index in [0.717, 1.165) is 0 Å². The molecule has 1 fully saturated rings. The van der Waals surface area contributed by atoms with Crippen molar-refractivity contribution in [1.29, 1.82) is 0 Å². The zero-order valence-corrected chi connectivity index (χ0v) is 9.92. The lowest BCUT2D eigenvalue weighted by Crippen LogP contribution is -2.30. The van der Waals surface area contributed by atoms with Crippen LogP contribution in [0.1, 0.15) is 6.42 Å². The maximum Gasteiger partial charge on any atom is 0.456 e. The van der Waals surface area contributed by atoms with E-state index in [1.54, 1.807) is 6.07 Å². The summed E-state index contributed by atoms with van der Waals surface area (Å²) in [7, 11) is -5.02. The zero-order chi connectivity index (χ0) is 12.5. The Bertz CT molecular complexity index is 479. The Hall–Kier alpha value is -0.955. The summed E-state index contributed by atoms with van der Waals surface area (Å²) in [5, 5.41) is 18.1. The Morgan fingerprint density at radius 2 is 2.24 bits per heavy atom. The molecule has 6 nitrogen and oxygen atoms in total. The third kappa shape index (κ3) is 2.49. The van der Waals surface area contributed by atoms with Gasteiger partial charge in [0, 0.05) is 31.3 Å². The molecule has 1 saturated heterocycles. The van der Waals surface area contributed by atoms with Crippen molar-refractivity contribution in [3.8, 4) is 0 Å². The first kappa shape index (κ1) is 12.5. The first-order chi connectivity index (χ1) is 8.01. The van der Waals surface area contributed by atoms with Crippen LogP contribution in [0.4, 0.5) is 0 Å². The molecule has 0 unspecified atom stereocenters. The van der Waals surface area contributed by atoms with Crippen molar-refractivity contribution in [2.24, 2.45) is 0 Å². The fourth-order valence-corrected chi connectivity index (χ4v) is 3.34. The van der Waals surface area contributed by atoms with Crippen molar-refractivity contribution in [2.45, 2.75) is 17.1 Å². The van der Waals surface area contributed by atoms with E-state index in [1.165, 1.54) is 22.8 Å². The molecule has 0 radical (unpaired) electrons. The highest BCUT2D eigenvalue weighted by Crippen LogP contribution is 2.27. The number of nitrogens with zero attached hydrogens (tertiary/aromatic N) is 2. The molecule has 0 aliphatic carbocycles. The summed E-state index contributed by atoms with van der Waals surface area (Å²) in [4.78, 5) is 3.90. The molecule has 1 aromatic rings. The number of hydrogen-bond acceptors (Lipinski definition) is 5. The van der Waals surface area contributed by atoms with Crippen molar-refractivity contribution >= 4 is 17.1 Å². The topological polar surface area (TPSA) is 90.7 Å². The third-order valence-corrected chi connectivity index (χ3v) is 4.73. The van der Waals surface area contributed by atoms with Crippen molar-refractivity contribution < 1.29 is 18.5 Å². The van der Waals surface area contributed by atoms with Gasteiger partial charge < -0.3 is 10.0 Å². The number of aromatic nitrogens is 1. The van der Waals surface area contributed by atoms with Crippen LogP contribution in [0.15, 0.2) is 29.4 Å². The Balaban J connectivity index is 2.19. The summed E-state index contributed by atoms with van der Waals surface area (Å²) >= 11 is 0. The Morgan fingerprint density at radius 1 is 1.47 bits per heavy atom. The Morgan fingerprint density at radius 3 is 2.76 bits per heavy atom. The van der Waals surface area contributed by atoms with Gasteiger partial charge in [-0.25, -0.2) is 8.42 Å². The van der Waals surface area contributed by atoms with Gasteiger partial charge in [0.2, 0.25) is 10.0 Å². The Labute approximate surface area is 100 Å². The average Bonchev–Trinajstić information content (AvgIpc) is 2.80. The predicted octanol–water partition coefficient (Wildman–Crippen LogP) is -0.681. The van der Waals surface area contributed by atoms with Gasteiger partial charge in [-0.15, -0.1) is 0 Å². The summed E-state index contributed by atoms with van der Waals surface area (Å²) < 4.78 is 25.5. The van der Waals surface area contributed by atoms with Crippen LogP contribution in [0.5, 0.6) is 0 Å². The molecule has 0 spiro atoms. The van der Waals surface area contributed by atoms with Crippen LogP contribution in [-0.4, -0.2) is 48.0 Å². The van der Waals surface area contributed by atoms with Gasteiger partial charge >= 0.3 is 7.12 Å². The fourth-order valence-electron chi connectivity index (χ4n) is 1.86. The maximum atomic E-state index is 12.1. The molecule has 1 aliphatic rings. The predicted molar refractivity (Wildman–Crippen MR) is 61.6 cm³/mol. The first-order valence-corrected chi connectivity index (χ1v) is 6.72. The average molecular weight is 256 g/mol. The van der Waals surface area contributed by atoms with Crippen LogP contribution in [0.25, 0.3) is 0 Å². The van der Waals surface area contributed by atoms with E-state index in [9.17, 15) is 8.42 Å². The minimum absolute atomic E-state index is 0.132. The summed E-state index contributed by atoms with van der Waals surface area (Å²) in [6.45, 7) is 0.439. The van der Waals surface area contributed by atoms with Gasteiger partial charge in [-0.1, -0.05) is 0 Å². The normalized spacial score (nSPS) is 21.6. The number of rotatable bonds is 3. The van der Waals surface area contributed by atoms with Gasteiger partial charge in [-0.2, -0.15) is 4.31 Å².